The van der Waals surface area contributed by atoms with Crippen molar-refractivity contribution in [3.63, 3.8) is 0 Å². The predicted molar refractivity (Wildman–Crippen MR) is 124 cm³/mol. The third-order valence-electron chi connectivity index (χ3n) is 6.20. The van der Waals surface area contributed by atoms with Gasteiger partial charge in [-0.3, -0.25) is 4.84 Å². The first-order valence-electron chi connectivity index (χ1n) is 10.4. The number of rotatable bonds is 5. The van der Waals surface area contributed by atoms with E-state index in [2.05, 4.69) is 65.9 Å². The highest BCUT2D eigenvalue weighted by Gasteiger charge is 2.52. The Morgan fingerprint density at radius 3 is 2.63 bits per heavy atom. The van der Waals surface area contributed by atoms with Crippen molar-refractivity contribution in [2.75, 3.05) is 31.2 Å². The number of hydrogen-bond donors (Lipinski definition) is 0. The summed E-state index contributed by atoms with van der Waals surface area (Å²) in [5, 5.41) is 2.07. The third-order valence-corrected chi connectivity index (χ3v) is 6.20. The smallest absolute Gasteiger partial charge is 0.124 e. The normalized spacial score (nSPS) is 21.2. The highest BCUT2D eigenvalue weighted by atomic mass is 16.7. The van der Waals surface area contributed by atoms with Crippen LogP contribution in [0.3, 0.4) is 0 Å². The van der Waals surface area contributed by atoms with Crippen LogP contribution in [0.5, 0.6) is 5.75 Å². The average molecular weight is 403 g/mol. The lowest BCUT2D eigenvalue weighted by Gasteiger charge is -2.26. The minimum absolute atomic E-state index is 0.0223. The maximum Gasteiger partial charge on any atom is 0.124 e. The predicted octanol–water partition coefficient (Wildman–Crippen LogP) is 5.26. The van der Waals surface area contributed by atoms with E-state index in [1.54, 1.807) is 7.11 Å². The second kappa shape index (κ2) is 8.06. The van der Waals surface area contributed by atoms with Crippen LogP contribution in [0.4, 0.5) is 11.4 Å². The van der Waals surface area contributed by atoms with Crippen LogP contribution in [0.15, 0.2) is 66.4 Å². The molecule has 2 unspecified atom stereocenters. The van der Waals surface area contributed by atoms with Gasteiger partial charge in [0.15, 0.2) is 0 Å². The lowest BCUT2D eigenvalue weighted by molar-refractivity contribution is 0.0844. The zero-order valence-electron chi connectivity index (χ0n) is 18.4. The molecule has 2 atom stereocenters. The third kappa shape index (κ3) is 3.65. The molecule has 0 spiro atoms. The molecule has 4 rings (SSSR count). The van der Waals surface area contributed by atoms with Gasteiger partial charge in [0.25, 0.3) is 0 Å². The van der Waals surface area contributed by atoms with Crippen LogP contribution in [0.25, 0.3) is 6.08 Å². The standard InChI is InChI=1S/C26H30N2O2/c1-26(2)24-18-21-22(11-9-12-23(21)29-5)28(24)30-25(26)13-8-6-7-10-19-14-16-20(17-15-19)27(3)4/h6-7,9-17,24-25H,18H2,1-5H3/b10-7+. The molecule has 2 heterocycles. The fraction of sp³-hybridized carbons (Fsp3) is 0.346. The van der Waals surface area contributed by atoms with Gasteiger partial charge in [-0.25, -0.2) is 5.06 Å². The van der Waals surface area contributed by atoms with Crippen LogP contribution in [0, 0.1) is 5.41 Å². The van der Waals surface area contributed by atoms with E-state index in [1.807, 2.05) is 44.5 Å². The minimum atomic E-state index is -0.0312. The maximum absolute atomic E-state index is 6.34. The number of hydroxylamine groups is 1. The van der Waals surface area contributed by atoms with Crippen molar-refractivity contribution in [1.29, 1.82) is 0 Å². The van der Waals surface area contributed by atoms with Gasteiger partial charge in [-0.1, -0.05) is 44.2 Å². The summed E-state index contributed by atoms with van der Waals surface area (Å²) in [6.07, 6.45) is 9.00. The summed E-state index contributed by atoms with van der Waals surface area (Å²) in [5.74, 6) is 0.942. The Morgan fingerprint density at radius 1 is 1.17 bits per heavy atom. The number of methoxy groups -OCH3 is 1. The topological polar surface area (TPSA) is 24.9 Å². The summed E-state index contributed by atoms with van der Waals surface area (Å²) < 4.78 is 5.55. The average Bonchev–Trinajstić information content (AvgIpc) is 3.23. The van der Waals surface area contributed by atoms with Gasteiger partial charge in [-0.2, -0.15) is 0 Å². The second-order valence-electron chi connectivity index (χ2n) is 8.70. The zero-order chi connectivity index (χ0) is 21.3. The zero-order valence-corrected chi connectivity index (χ0v) is 18.4. The molecule has 0 N–H and O–H groups in total. The molecule has 2 aliphatic heterocycles. The summed E-state index contributed by atoms with van der Waals surface area (Å²) in [7, 11) is 5.82. The Hall–Kier alpha value is -2.94. The molecule has 0 aliphatic carbocycles. The summed E-state index contributed by atoms with van der Waals surface area (Å²) in [6.45, 7) is 4.53. The van der Waals surface area contributed by atoms with Crippen LogP contribution >= 0.6 is 0 Å². The molecule has 0 bridgehead atoms. The number of fused-ring (bicyclic) bond motifs is 3. The van der Waals surface area contributed by atoms with E-state index in [-0.39, 0.29) is 17.6 Å². The number of ether oxygens (including phenoxy) is 1. The van der Waals surface area contributed by atoms with E-state index in [0.29, 0.717) is 0 Å². The molecule has 156 valence electrons. The van der Waals surface area contributed by atoms with Crippen molar-refractivity contribution in [3.8, 4) is 5.75 Å². The maximum atomic E-state index is 6.34. The van der Waals surface area contributed by atoms with Crippen LogP contribution in [-0.2, 0) is 11.3 Å². The summed E-state index contributed by atoms with van der Waals surface area (Å²) in [4.78, 5) is 8.43. The van der Waals surface area contributed by atoms with E-state index in [0.717, 1.165) is 17.9 Å². The molecule has 0 amide bonds. The molecule has 2 aliphatic rings. The molecule has 4 heteroatoms. The lowest BCUT2D eigenvalue weighted by Crippen LogP contribution is -2.36. The molecule has 0 aromatic heterocycles. The van der Waals surface area contributed by atoms with Gasteiger partial charge in [-0.05, 0) is 42.0 Å². The first-order valence-corrected chi connectivity index (χ1v) is 10.4. The molecule has 2 aromatic rings. The fourth-order valence-corrected chi connectivity index (χ4v) is 4.23. The first kappa shape index (κ1) is 20.3. The monoisotopic (exact) mass is 402 g/mol. The number of allylic oxidation sites excluding steroid dienone is 1. The van der Waals surface area contributed by atoms with Gasteiger partial charge >= 0.3 is 0 Å². The largest absolute Gasteiger partial charge is 0.496 e. The molecular formula is C26H30N2O2. The molecule has 4 nitrogen and oxygen atoms in total. The van der Waals surface area contributed by atoms with Crippen molar-refractivity contribution in [3.05, 3.63) is 77.6 Å². The van der Waals surface area contributed by atoms with Crippen molar-refractivity contribution in [2.24, 2.45) is 5.41 Å². The van der Waals surface area contributed by atoms with Gasteiger partial charge in [0, 0.05) is 37.2 Å². The van der Waals surface area contributed by atoms with Crippen LogP contribution in [0.2, 0.25) is 0 Å². The van der Waals surface area contributed by atoms with Crippen molar-refractivity contribution >= 4 is 17.5 Å². The van der Waals surface area contributed by atoms with E-state index in [1.165, 1.54) is 16.8 Å². The molecule has 2 aromatic carbocycles. The van der Waals surface area contributed by atoms with Gasteiger partial charge in [0.2, 0.25) is 0 Å². The van der Waals surface area contributed by atoms with E-state index >= 15 is 0 Å². The van der Waals surface area contributed by atoms with Crippen molar-refractivity contribution < 1.29 is 9.57 Å². The molecule has 1 saturated heterocycles. The van der Waals surface area contributed by atoms with Crippen LogP contribution < -0.4 is 14.7 Å². The highest BCUT2D eigenvalue weighted by molar-refractivity contribution is 5.64. The van der Waals surface area contributed by atoms with Gasteiger partial charge in [-0.15, -0.1) is 5.73 Å². The first-order chi connectivity index (χ1) is 14.4. The van der Waals surface area contributed by atoms with Gasteiger partial charge in [0.05, 0.1) is 18.8 Å². The molecule has 1 fully saturated rings. The summed E-state index contributed by atoms with van der Waals surface area (Å²) in [5.41, 5.74) is 7.99. The van der Waals surface area contributed by atoms with Crippen LogP contribution in [0.1, 0.15) is 25.0 Å². The molecule has 0 saturated carbocycles. The number of anilines is 2. The fourth-order valence-electron chi connectivity index (χ4n) is 4.23. The Morgan fingerprint density at radius 2 is 1.93 bits per heavy atom. The summed E-state index contributed by atoms with van der Waals surface area (Å²) in [6, 6.07) is 14.9. The Labute approximate surface area is 179 Å². The highest BCUT2D eigenvalue weighted by Crippen LogP contribution is 2.50. The molecule has 30 heavy (non-hydrogen) atoms. The summed E-state index contributed by atoms with van der Waals surface area (Å²) >= 11 is 0. The van der Waals surface area contributed by atoms with Gasteiger partial charge in [0.1, 0.15) is 11.9 Å². The van der Waals surface area contributed by atoms with E-state index in [9.17, 15) is 0 Å². The Kier molecular flexibility index (Phi) is 5.46. The Balaban J connectivity index is 1.46. The SMILES string of the molecule is COc1cccc2c1CC1N2OC(C=C=C/C=C/c2ccc(N(C)C)cc2)C1(C)C. The van der Waals surface area contributed by atoms with E-state index in [4.69, 9.17) is 9.57 Å². The van der Waals surface area contributed by atoms with Crippen LogP contribution in [-0.4, -0.2) is 33.4 Å². The van der Waals surface area contributed by atoms with Crippen molar-refractivity contribution in [1.82, 2.24) is 0 Å². The second-order valence-corrected chi connectivity index (χ2v) is 8.70. The van der Waals surface area contributed by atoms with Crippen molar-refractivity contribution in [2.45, 2.75) is 32.4 Å². The number of nitrogens with zero attached hydrogens (tertiary/aromatic N) is 2. The number of benzene rings is 2. The molecule has 0 radical (unpaired) electrons. The Bertz CT molecular complexity index is 998. The van der Waals surface area contributed by atoms with Gasteiger partial charge < -0.3 is 9.64 Å². The lowest BCUT2D eigenvalue weighted by atomic mass is 9.78. The minimum Gasteiger partial charge on any atom is -0.496 e. The van der Waals surface area contributed by atoms with E-state index < -0.39 is 0 Å². The molecular weight excluding hydrogens is 372 g/mol. The quantitative estimate of drug-likeness (QED) is 0.503. The number of hydrogen-bond acceptors (Lipinski definition) is 4.